The Kier molecular flexibility index (Phi) is 9.29. The fourth-order valence-electron chi connectivity index (χ4n) is 2.11. The largest absolute Gasteiger partial charge is 0.347 e. The summed E-state index contributed by atoms with van der Waals surface area (Å²) in [6.07, 6.45) is -0.131. The molecule has 0 heterocycles. The summed E-state index contributed by atoms with van der Waals surface area (Å²) in [5.74, 6) is -0.412. The van der Waals surface area contributed by atoms with E-state index in [0.29, 0.717) is 12.1 Å². The average Bonchev–Trinajstić information content (AvgIpc) is 2.54. The van der Waals surface area contributed by atoms with Crippen LogP contribution in [0.4, 0.5) is 10.5 Å². The van der Waals surface area contributed by atoms with Crippen LogP contribution in [0.15, 0.2) is 28.7 Å². The molecule has 10 heteroatoms. The first kappa shape index (κ1) is 22.6. The first-order valence-corrected chi connectivity index (χ1v) is 10.8. The van der Waals surface area contributed by atoms with Gasteiger partial charge in [0.25, 0.3) is 0 Å². The van der Waals surface area contributed by atoms with Crippen LogP contribution in [-0.4, -0.2) is 35.8 Å². The molecule has 3 amide bonds. The van der Waals surface area contributed by atoms with E-state index < -0.39 is 31.9 Å². The van der Waals surface area contributed by atoms with E-state index in [1.54, 1.807) is 31.2 Å². The van der Waals surface area contributed by atoms with Crippen molar-refractivity contribution in [2.24, 2.45) is 5.92 Å². The molecular formula is C16H25BrN3O5P. The molecule has 0 saturated heterocycles. The van der Waals surface area contributed by atoms with Gasteiger partial charge in [-0.3, -0.25) is 9.36 Å². The van der Waals surface area contributed by atoms with E-state index in [1.807, 2.05) is 13.8 Å². The topological polar surface area (TPSA) is 117 Å². The van der Waals surface area contributed by atoms with Gasteiger partial charge in [0.05, 0.1) is 6.61 Å². The highest BCUT2D eigenvalue weighted by Gasteiger charge is 2.25. The molecule has 0 aliphatic rings. The smallest absolute Gasteiger partial charge is 0.343 e. The average molecular weight is 450 g/mol. The molecule has 1 rings (SSSR count). The van der Waals surface area contributed by atoms with E-state index in [9.17, 15) is 19.0 Å². The van der Waals surface area contributed by atoms with Crippen molar-refractivity contribution in [2.45, 2.75) is 33.2 Å². The van der Waals surface area contributed by atoms with Crippen LogP contribution in [0.25, 0.3) is 0 Å². The van der Waals surface area contributed by atoms with Gasteiger partial charge in [0.2, 0.25) is 5.91 Å². The van der Waals surface area contributed by atoms with Crippen molar-refractivity contribution in [2.75, 3.05) is 18.2 Å². The van der Waals surface area contributed by atoms with Gasteiger partial charge in [-0.1, -0.05) is 29.8 Å². The fraction of sp³-hybridized carbons (Fsp3) is 0.500. The minimum absolute atomic E-state index is 0.0624. The molecular weight excluding hydrogens is 425 g/mol. The molecule has 0 aromatic heterocycles. The van der Waals surface area contributed by atoms with Crippen LogP contribution in [0.5, 0.6) is 0 Å². The molecule has 0 aliphatic carbocycles. The number of hydrogen-bond donors (Lipinski definition) is 4. The Morgan fingerprint density at radius 2 is 1.88 bits per heavy atom. The Labute approximate surface area is 161 Å². The number of hydrogen-bond acceptors (Lipinski definition) is 4. The summed E-state index contributed by atoms with van der Waals surface area (Å²) >= 11 is 3.31. The molecule has 0 radical (unpaired) electrons. The van der Waals surface area contributed by atoms with Crippen molar-refractivity contribution in [1.82, 2.24) is 10.6 Å². The third kappa shape index (κ3) is 8.80. The lowest BCUT2D eigenvalue weighted by molar-refractivity contribution is -0.123. The Bertz CT molecular complexity index is 654. The summed E-state index contributed by atoms with van der Waals surface area (Å²) in [4.78, 5) is 34.0. The Balaban J connectivity index is 2.67. The van der Waals surface area contributed by atoms with E-state index in [0.717, 1.165) is 4.47 Å². The molecule has 1 aromatic carbocycles. The zero-order valence-electron chi connectivity index (χ0n) is 15.0. The molecule has 0 bridgehead atoms. The molecule has 1 aromatic rings. The highest BCUT2D eigenvalue weighted by molar-refractivity contribution is 9.10. The lowest BCUT2D eigenvalue weighted by Gasteiger charge is -2.21. The Hall–Kier alpha value is -1.41. The van der Waals surface area contributed by atoms with Gasteiger partial charge < -0.3 is 25.4 Å². The number of benzene rings is 1. The van der Waals surface area contributed by atoms with Crippen LogP contribution < -0.4 is 16.0 Å². The summed E-state index contributed by atoms with van der Waals surface area (Å²) in [5, 5.41) is 7.60. The quantitative estimate of drug-likeness (QED) is 0.431. The second-order valence-corrected chi connectivity index (χ2v) is 8.81. The first-order valence-electron chi connectivity index (χ1n) is 8.20. The molecule has 1 unspecified atom stereocenters. The van der Waals surface area contributed by atoms with E-state index in [-0.39, 0.29) is 12.5 Å². The lowest BCUT2D eigenvalue weighted by Crippen LogP contribution is -2.48. The van der Waals surface area contributed by atoms with Gasteiger partial charge >= 0.3 is 13.6 Å². The highest BCUT2D eigenvalue weighted by Crippen LogP contribution is 2.39. The molecule has 26 heavy (non-hydrogen) atoms. The second kappa shape index (κ2) is 10.7. The minimum atomic E-state index is -3.88. The zero-order valence-corrected chi connectivity index (χ0v) is 17.5. The van der Waals surface area contributed by atoms with Crippen molar-refractivity contribution in [3.63, 3.8) is 0 Å². The third-order valence-corrected chi connectivity index (χ3v) is 4.96. The van der Waals surface area contributed by atoms with Crippen LogP contribution in [0.3, 0.4) is 0 Å². The van der Waals surface area contributed by atoms with Gasteiger partial charge in [-0.05, 0) is 43.5 Å². The summed E-state index contributed by atoms with van der Waals surface area (Å²) in [6, 6.07) is 5.61. The van der Waals surface area contributed by atoms with Gasteiger partial charge in [0.15, 0.2) is 0 Å². The van der Waals surface area contributed by atoms with Crippen LogP contribution in [-0.2, 0) is 13.9 Å². The first-order chi connectivity index (χ1) is 12.1. The van der Waals surface area contributed by atoms with Gasteiger partial charge in [-0.25, -0.2) is 4.79 Å². The number of urea groups is 1. The van der Waals surface area contributed by atoms with Crippen LogP contribution in [0.2, 0.25) is 0 Å². The summed E-state index contributed by atoms with van der Waals surface area (Å²) in [6.45, 7) is 5.46. The van der Waals surface area contributed by atoms with E-state index in [1.165, 1.54) is 0 Å². The van der Waals surface area contributed by atoms with E-state index in [2.05, 4.69) is 31.9 Å². The van der Waals surface area contributed by atoms with Gasteiger partial charge in [0, 0.05) is 10.2 Å². The standard InChI is InChI=1S/C16H25BrN3O5P/c1-4-25-26(23,24)10-18-15(21)14(9-11(2)3)20-16(22)19-13-7-5-12(17)6-8-13/h5-8,11,14H,4,9-10H2,1-3H3,(H,18,21)(H,23,24)(H2,19,20,22)/t14-/m0/s1. The maximum absolute atomic E-state index is 12.3. The summed E-state index contributed by atoms with van der Waals surface area (Å²) < 4.78 is 17.3. The maximum atomic E-state index is 12.3. The SMILES string of the molecule is CCOP(=O)(O)CNC(=O)[C@H](CC(C)C)NC(=O)Nc1ccc(Br)cc1. The highest BCUT2D eigenvalue weighted by atomic mass is 79.9. The molecule has 4 N–H and O–H groups in total. The number of nitrogens with one attached hydrogen (secondary N) is 3. The fourth-order valence-corrected chi connectivity index (χ4v) is 3.22. The normalized spacial score (nSPS) is 14.4. The zero-order chi connectivity index (χ0) is 19.7. The second-order valence-electron chi connectivity index (χ2n) is 6.04. The van der Waals surface area contributed by atoms with E-state index >= 15 is 0 Å². The number of halogens is 1. The monoisotopic (exact) mass is 449 g/mol. The minimum Gasteiger partial charge on any atom is -0.343 e. The number of rotatable bonds is 9. The molecule has 0 aliphatic heterocycles. The number of carbonyl (C=O) groups is 2. The van der Waals surface area contributed by atoms with Crippen LogP contribution in [0.1, 0.15) is 27.2 Å². The number of carbonyl (C=O) groups excluding carboxylic acids is 2. The Morgan fingerprint density at radius 3 is 2.42 bits per heavy atom. The Morgan fingerprint density at radius 1 is 1.27 bits per heavy atom. The molecule has 8 nitrogen and oxygen atoms in total. The van der Waals surface area contributed by atoms with Crippen LogP contribution >= 0.6 is 23.5 Å². The van der Waals surface area contributed by atoms with Gasteiger partial charge in [-0.15, -0.1) is 0 Å². The maximum Gasteiger partial charge on any atom is 0.347 e. The van der Waals surface area contributed by atoms with Crippen molar-refractivity contribution in [3.05, 3.63) is 28.7 Å². The summed E-state index contributed by atoms with van der Waals surface area (Å²) in [7, 11) is -3.88. The van der Waals surface area contributed by atoms with E-state index in [4.69, 9.17) is 4.52 Å². The lowest BCUT2D eigenvalue weighted by atomic mass is 10.0. The third-order valence-electron chi connectivity index (χ3n) is 3.21. The molecule has 0 saturated carbocycles. The predicted octanol–water partition coefficient (Wildman–Crippen LogP) is 3.28. The molecule has 0 spiro atoms. The number of anilines is 1. The van der Waals surface area contributed by atoms with Crippen molar-refractivity contribution >= 4 is 41.2 Å². The van der Waals surface area contributed by atoms with Crippen molar-refractivity contribution in [3.8, 4) is 0 Å². The van der Waals surface area contributed by atoms with Gasteiger partial charge in [-0.2, -0.15) is 0 Å². The molecule has 146 valence electrons. The molecule has 0 fully saturated rings. The number of amides is 3. The van der Waals surface area contributed by atoms with Gasteiger partial charge in [0.1, 0.15) is 12.3 Å². The van der Waals surface area contributed by atoms with Crippen molar-refractivity contribution < 1.29 is 23.6 Å². The van der Waals surface area contributed by atoms with Crippen molar-refractivity contribution in [1.29, 1.82) is 0 Å². The predicted molar refractivity (Wildman–Crippen MR) is 104 cm³/mol. The van der Waals surface area contributed by atoms with Crippen LogP contribution in [0, 0.1) is 5.92 Å². The molecule has 2 atom stereocenters. The summed E-state index contributed by atoms with van der Waals surface area (Å²) in [5.41, 5.74) is 0.575.